The van der Waals surface area contributed by atoms with Crippen molar-refractivity contribution < 1.29 is 4.79 Å². The summed E-state index contributed by atoms with van der Waals surface area (Å²) in [6.45, 7) is 4.04. The van der Waals surface area contributed by atoms with Crippen molar-refractivity contribution in [3.8, 4) is 0 Å². The van der Waals surface area contributed by atoms with Crippen molar-refractivity contribution in [1.29, 1.82) is 0 Å². The average molecular weight is 322 g/mol. The largest absolute Gasteiger partial charge is 0.372 e. The van der Waals surface area contributed by atoms with E-state index < -0.39 is 0 Å². The molecule has 2 N–H and O–H groups in total. The number of piperidine rings is 1. The van der Waals surface area contributed by atoms with Crippen LogP contribution in [0.25, 0.3) is 0 Å². The molecule has 4 nitrogen and oxygen atoms in total. The van der Waals surface area contributed by atoms with Gasteiger partial charge in [0.05, 0.1) is 11.4 Å². The van der Waals surface area contributed by atoms with Crippen LogP contribution in [0.1, 0.15) is 39.0 Å². The van der Waals surface area contributed by atoms with E-state index in [4.69, 9.17) is 11.6 Å². The fourth-order valence-corrected chi connectivity index (χ4v) is 3.06. The maximum Gasteiger partial charge on any atom is 0.242 e. The third-order valence-corrected chi connectivity index (χ3v) is 4.58. The Morgan fingerprint density at radius 2 is 2.00 bits per heavy atom. The summed E-state index contributed by atoms with van der Waals surface area (Å²) in [5.41, 5.74) is 2.10. The molecule has 22 heavy (non-hydrogen) atoms. The van der Waals surface area contributed by atoms with Gasteiger partial charge in [0.25, 0.3) is 0 Å². The van der Waals surface area contributed by atoms with E-state index in [1.165, 1.54) is 19.3 Å². The Morgan fingerprint density at radius 1 is 1.27 bits per heavy atom. The molecule has 2 fully saturated rings. The fraction of sp³-hybridized carbons (Fsp3) is 0.588. The second kappa shape index (κ2) is 6.78. The van der Waals surface area contributed by atoms with Gasteiger partial charge < -0.3 is 15.5 Å². The molecule has 1 atom stereocenters. The number of nitrogens with one attached hydrogen (secondary N) is 2. The molecule has 3 rings (SSSR count). The molecule has 1 amide bonds. The number of amides is 1. The van der Waals surface area contributed by atoms with Gasteiger partial charge in [-0.25, -0.2) is 0 Å². The number of rotatable bonds is 5. The smallest absolute Gasteiger partial charge is 0.242 e. The van der Waals surface area contributed by atoms with Crippen LogP contribution in [0.3, 0.4) is 0 Å². The molecule has 1 aromatic carbocycles. The molecule has 5 heteroatoms. The lowest BCUT2D eigenvalue weighted by molar-refractivity contribution is -0.121. The van der Waals surface area contributed by atoms with Crippen LogP contribution in [-0.2, 0) is 4.79 Å². The molecule has 0 aromatic heterocycles. The Morgan fingerprint density at radius 3 is 2.68 bits per heavy atom. The number of carbonyl (C=O) groups is 1. The van der Waals surface area contributed by atoms with Crippen molar-refractivity contribution in [2.75, 3.05) is 23.3 Å². The highest BCUT2D eigenvalue weighted by Gasteiger charge is 2.26. The summed E-state index contributed by atoms with van der Waals surface area (Å²) < 4.78 is 0. The number of carbonyl (C=O) groups excluding carboxylic acids is 1. The van der Waals surface area contributed by atoms with Crippen LogP contribution in [0.4, 0.5) is 11.4 Å². The minimum atomic E-state index is -0.261. The zero-order valence-electron chi connectivity index (χ0n) is 13.1. The normalized spacial score (nSPS) is 19.6. The first-order chi connectivity index (χ1) is 10.6. The molecule has 1 saturated heterocycles. The van der Waals surface area contributed by atoms with E-state index in [0.717, 1.165) is 37.3 Å². The zero-order valence-corrected chi connectivity index (χ0v) is 13.8. The van der Waals surface area contributed by atoms with Gasteiger partial charge in [-0.1, -0.05) is 11.6 Å². The van der Waals surface area contributed by atoms with E-state index in [-0.39, 0.29) is 11.9 Å². The van der Waals surface area contributed by atoms with E-state index in [1.54, 1.807) is 0 Å². The Labute approximate surface area is 137 Å². The summed E-state index contributed by atoms with van der Waals surface area (Å²) in [4.78, 5) is 14.5. The second-order valence-electron chi connectivity index (χ2n) is 6.36. The third-order valence-electron chi connectivity index (χ3n) is 4.34. The fourth-order valence-electron chi connectivity index (χ4n) is 2.89. The lowest BCUT2D eigenvalue weighted by Gasteiger charge is -2.31. The van der Waals surface area contributed by atoms with Crippen LogP contribution >= 0.6 is 11.6 Å². The number of benzene rings is 1. The number of anilines is 2. The topological polar surface area (TPSA) is 44.4 Å². The van der Waals surface area contributed by atoms with Crippen molar-refractivity contribution in [2.24, 2.45) is 0 Å². The molecule has 0 bridgehead atoms. The number of halogens is 1. The number of hydrogen-bond donors (Lipinski definition) is 2. The Bertz CT molecular complexity index is 539. The van der Waals surface area contributed by atoms with Crippen LogP contribution in [0.5, 0.6) is 0 Å². The molecule has 2 aliphatic rings. The van der Waals surface area contributed by atoms with E-state index in [2.05, 4.69) is 21.6 Å². The minimum absolute atomic E-state index is 0.0621. The van der Waals surface area contributed by atoms with E-state index in [1.807, 2.05) is 19.1 Å². The second-order valence-corrected chi connectivity index (χ2v) is 6.79. The first kappa shape index (κ1) is 15.5. The van der Waals surface area contributed by atoms with Crippen LogP contribution < -0.4 is 15.5 Å². The molecule has 1 aliphatic carbocycles. The molecule has 120 valence electrons. The highest BCUT2D eigenvalue weighted by molar-refractivity contribution is 6.31. The molecule has 1 heterocycles. The van der Waals surface area contributed by atoms with E-state index in [9.17, 15) is 4.79 Å². The van der Waals surface area contributed by atoms with E-state index >= 15 is 0 Å². The molecule has 1 saturated carbocycles. The molecule has 0 spiro atoms. The Hall–Kier alpha value is -1.42. The summed E-state index contributed by atoms with van der Waals surface area (Å²) in [5, 5.41) is 7.08. The number of hydrogen-bond acceptors (Lipinski definition) is 3. The highest BCUT2D eigenvalue weighted by atomic mass is 35.5. The standard InChI is InChI=1S/C17H24ClN3O/c1-12(17(22)20-14-6-7-14)19-15-11-13(18)5-8-16(15)21-9-3-2-4-10-21/h5,8,11-12,14,19H,2-4,6-7,9-10H2,1H3,(H,20,22)/t12-/m0/s1. The van der Waals surface area contributed by atoms with Gasteiger partial charge in [-0.2, -0.15) is 0 Å². The Kier molecular flexibility index (Phi) is 4.77. The van der Waals surface area contributed by atoms with Gasteiger partial charge >= 0.3 is 0 Å². The lowest BCUT2D eigenvalue weighted by atomic mass is 10.1. The maximum atomic E-state index is 12.2. The highest BCUT2D eigenvalue weighted by Crippen LogP contribution is 2.31. The third kappa shape index (κ3) is 3.86. The van der Waals surface area contributed by atoms with Crippen molar-refractivity contribution >= 4 is 28.9 Å². The summed E-state index contributed by atoms with van der Waals surface area (Å²) in [7, 11) is 0. The predicted molar refractivity (Wildman–Crippen MR) is 91.8 cm³/mol. The van der Waals surface area contributed by atoms with Gasteiger partial charge in [0, 0.05) is 24.2 Å². The lowest BCUT2D eigenvalue weighted by Crippen LogP contribution is -2.39. The molecule has 0 radical (unpaired) electrons. The van der Waals surface area contributed by atoms with Gasteiger partial charge in [-0.05, 0) is 57.2 Å². The van der Waals surface area contributed by atoms with Gasteiger partial charge in [0.15, 0.2) is 0 Å². The van der Waals surface area contributed by atoms with Crippen LogP contribution in [-0.4, -0.2) is 31.1 Å². The van der Waals surface area contributed by atoms with Crippen molar-refractivity contribution in [1.82, 2.24) is 5.32 Å². The van der Waals surface area contributed by atoms with Crippen molar-refractivity contribution in [2.45, 2.75) is 51.1 Å². The van der Waals surface area contributed by atoms with Gasteiger partial charge in [-0.15, -0.1) is 0 Å². The van der Waals surface area contributed by atoms with Crippen LogP contribution in [0, 0.1) is 0 Å². The van der Waals surface area contributed by atoms with Crippen LogP contribution in [0.2, 0.25) is 5.02 Å². The molecule has 0 unspecified atom stereocenters. The molecular formula is C17H24ClN3O. The summed E-state index contributed by atoms with van der Waals surface area (Å²) >= 11 is 6.15. The molecule has 1 aliphatic heterocycles. The van der Waals surface area contributed by atoms with E-state index in [0.29, 0.717) is 11.1 Å². The number of nitrogens with zero attached hydrogens (tertiary/aromatic N) is 1. The first-order valence-electron chi connectivity index (χ1n) is 8.25. The van der Waals surface area contributed by atoms with Crippen LogP contribution in [0.15, 0.2) is 18.2 Å². The Balaban J connectivity index is 1.72. The molecule has 1 aromatic rings. The predicted octanol–water partition coefficient (Wildman–Crippen LogP) is 3.41. The van der Waals surface area contributed by atoms with Gasteiger partial charge in [0.2, 0.25) is 5.91 Å². The zero-order chi connectivity index (χ0) is 15.5. The van der Waals surface area contributed by atoms with Gasteiger partial charge in [0.1, 0.15) is 6.04 Å². The monoisotopic (exact) mass is 321 g/mol. The molecular weight excluding hydrogens is 298 g/mol. The SMILES string of the molecule is C[C@H](Nc1cc(Cl)ccc1N1CCCCC1)C(=O)NC1CC1. The summed E-state index contributed by atoms with van der Waals surface area (Å²) in [6.07, 6.45) is 5.95. The van der Waals surface area contributed by atoms with Crippen molar-refractivity contribution in [3.05, 3.63) is 23.2 Å². The average Bonchev–Trinajstić information content (AvgIpc) is 3.32. The quantitative estimate of drug-likeness (QED) is 0.873. The minimum Gasteiger partial charge on any atom is -0.372 e. The van der Waals surface area contributed by atoms with Crippen molar-refractivity contribution in [3.63, 3.8) is 0 Å². The first-order valence-corrected chi connectivity index (χ1v) is 8.63. The van der Waals surface area contributed by atoms with Gasteiger partial charge in [-0.3, -0.25) is 4.79 Å². The maximum absolute atomic E-state index is 12.2. The summed E-state index contributed by atoms with van der Waals surface area (Å²) in [6, 6.07) is 6.03. The summed E-state index contributed by atoms with van der Waals surface area (Å²) in [5.74, 6) is 0.0621.